The smallest absolute Gasteiger partial charge is 0.217 e. The van der Waals surface area contributed by atoms with Crippen molar-refractivity contribution in [2.75, 3.05) is 6.54 Å². The molecule has 11 heavy (non-hydrogen) atoms. The zero-order valence-electron chi connectivity index (χ0n) is 6.64. The summed E-state index contributed by atoms with van der Waals surface area (Å²) in [7, 11) is 0. The van der Waals surface area contributed by atoms with Crippen LogP contribution in [-0.2, 0) is 14.4 Å². The van der Waals surface area contributed by atoms with Crippen LogP contribution in [0.25, 0.3) is 0 Å². The summed E-state index contributed by atoms with van der Waals surface area (Å²) < 4.78 is 0. The van der Waals surface area contributed by atoms with Gasteiger partial charge in [0, 0.05) is 6.92 Å². The van der Waals surface area contributed by atoms with E-state index in [1.54, 1.807) is 0 Å². The Balaban J connectivity index is 3.53. The summed E-state index contributed by atoms with van der Waals surface area (Å²) in [6, 6.07) is 0. The molecule has 0 aromatic rings. The van der Waals surface area contributed by atoms with E-state index in [9.17, 15) is 14.4 Å². The van der Waals surface area contributed by atoms with E-state index in [1.807, 2.05) is 0 Å². The van der Waals surface area contributed by atoms with Crippen LogP contribution in [0.1, 0.15) is 20.3 Å². The molecule has 0 unspecified atom stereocenters. The maximum absolute atomic E-state index is 10.7. The number of amides is 1. The second-order valence-electron chi connectivity index (χ2n) is 2.33. The number of carbonyl (C=O) groups is 3. The molecule has 0 rings (SSSR count). The van der Waals surface area contributed by atoms with Gasteiger partial charge in [-0.1, -0.05) is 0 Å². The summed E-state index contributed by atoms with van der Waals surface area (Å²) in [5.74, 6) is -0.699. The van der Waals surface area contributed by atoms with Gasteiger partial charge < -0.3 is 5.32 Å². The Morgan fingerprint density at radius 1 is 1.18 bits per heavy atom. The number of carbonyl (C=O) groups excluding carboxylic acids is 3. The normalized spacial score (nSPS) is 8.91. The highest BCUT2D eigenvalue weighted by molar-refractivity contribution is 5.99. The lowest BCUT2D eigenvalue weighted by molar-refractivity contribution is -0.127. The van der Waals surface area contributed by atoms with E-state index < -0.39 is 0 Å². The minimum atomic E-state index is -0.262. The van der Waals surface area contributed by atoms with Gasteiger partial charge in [0.25, 0.3) is 0 Å². The first-order chi connectivity index (χ1) is 5.02. The fraction of sp³-hybridized carbons (Fsp3) is 0.571. The Kier molecular flexibility index (Phi) is 4.10. The highest BCUT2D eigenvalue weighted by Gasteiger charge is 2.04. The lowest BCUT2D eigenvalue weighted by Gasteiger charge is -1.97. The molecule has 4 nitrogen and oxygen atoms in total. The van der Waals surface area contributed by atoms with Crippen LogP contribution in [-0.4, -0.2) is 24.0 Å². The van der Waals surface area contributed by atoms with Gasteiger partial charge in [0.1, 0.15) is 5.78 Å². The highest BCUT2D eigenvalue weighted by Crippen LogP contribution is 1.82. The van der Waals surface area contributed by atoms with Crippen LogP contribution in [0.3, 0.4) is 0 Å². The van der Waals surface area contributed by atoms with Crippen LogP contribution in [0.5, 0.6) is 0 Å². The number of Topliss-reactive ketones (excluding diaryl/α,β-unsaturated/α-hetero) is 2. The lowest BCUT2D eigenvalue weighted by Crippen LogP contribution is -2.27. The third-order valence-electron chi connectivity index (χ3n) is 0.981. The molecule has 0 radical (unpaired) electrons. The van der Waals surface area contributed by atoms with Gasteiger partial charge in [-0.15, -0.1) is 0 Å². The maximum atomic E-state index is 10.7. The first-order valence-corrected chi connectivity index (χ1v) is 3.28. The molecule has 1 amide bonds. The average Bonchev–Trinajstić information content (AvgIpc) is 1.82. The summed E-state index contributed by atoms with van der Waals surface area (Å²) in [4.78, 5) is 31.4. The molecule has 0 aromatic carbocycles. The molecule has 0 aliphatic heterocycles. The minimum absolute atomic E-state index is 0.0467. The maximum Gasteiger partial charge on any atom is 0.217 e. The van der Waals surface area contributed by atoms with Gasteiger partial charge in [0.2, 0.25) is 5.91 Å². The Bertz CT molecular complexity index is 186. The number of hydrogen-bond acceptors (Lipinski definition) is 3. The van der Waals surface area contributed by atoms with Crippen LogP contribution in [0.15, 0.2) is 0 Å². The zero-order valence-corrected chi connectivity index (χ0v) is 6.64. The SMILES string of the molecule is CC(=O)CC(=O)CNC(C)=O. The van der Waals surface area contributed by atoms with E-state index in [0.29, 0.717) is 0 Å². The predicted octanol–water partition coefficient (Wildman–Crippen LogP) is -0.329. The van der Waals surface area contributed by atoms with Gasteiger partial charge >= 0.3 is 0 Å². The van der Waals surface area contributed by atoms with E-state index in [4.69, 9.17) is 0 Å². The fourth-order valence-electron chi connectivity index (χ4n) is 0.563. The zero-order chi connectivity index (χ0) is 8.85. The van der Waals surface area contributed by atoms with Gasteiger partial charge in [-0.2, -0.15) is 0 Å². The molecule has 0 saturated heterocycles. The first kappa shape index (κ1) is 9.81. The Hall–Kier alpha value is -1.19. The average molecular weight is 157 g/mol. The predicted molar refractivity (Wildman–Crippen MR) is 39.0 cm³/mol. The monoisotopic (exact) mass is 157 g/mol. The van der Waals surface area contributed by atoms with Crippen molar-refractivity contribution < 1.29 is 14.4 Å². The van der Waals surface area contributed by atoms with E-state index in [1.165, 1.54) is 13.8 Å². The molecule has 0 fully saturated rings. The van der Waals surface area contributed by atoms with Gasteiger partial charge in [0.05, 0.1) is 13.0 Å². The molecule has 62 valence electrons. The van der Waals surface area contributed by atoms with Crippen LogP contribution < -0.4 is 5.32 Å². The van der Waals surface area contributed by atoms with Gasteiger partial charge in [-0.25, -0.2) is 0 Å². The number of rotatable bonds is 4. The topological polar surface area (TPSA) is 63.2 Å². The Morgan fingerprint density at radius 2 is 1.73 bits per heavy atom. The largest absolute Gasteiger partial charge is 0.349 e. The summed E-state index contributed by atoms with van der Waals surface area (Å²) in [6.07, 6.45) is -0.0969. The Labute approximate surface area is 65.0 Å². The number of nitrogens with one attached hydrogen (secondary N) is 1. The van der Waals surface area contributed by atoms with Gasteiger partial charge in [-0.3, -0.25) is 14.4 Å². The Morgan fingerprint density at radius 3 is 2.09 bits per heavy atom. The second-order valence-corrected chi connectivity index (χ2v) is 2.33. The quantitative estimate of drug-likeness (QED) is 0.568. The van der Waals surface area contributed by atoms with Crippen LogP contribution in [0.4, 0.5) is 0 Å². The lowest BCUT2D eigenvalue weighted by atomic mass is 10.2. The number of hydrogen-bond donors (Lipinski definition) is 1. The standard InChI is InChI=1S/C7H11NO3/c1-5(9)3-7(11)4-8-6(2)10/h3-4H2,1-2H3,(H,8,10). The fourth-order valence-corrected chi connectivity index (χ4v) is 0.563. The van der Waals surface area contributed by atoms with E-state index in [-0.39, 0.29) is 30.4 Å². The van der Waals surface area contributed by atoms with Crippen molar-refractivity contribution >= 4 is 17.5 Å². The van der Waals surface area contributed by atoms with E-state index in [2.05, 4.69) is 5.32 Å². The van der Waals surface area contributed by atoms with Crippen molar-refractivity contribution in [2.45, 2.75) is 20.3 Å². The van der Waals surface area contributed by atoms with Crippen molar-refractivity contribution in [1.29, 1.82) is 0 Å². The van der Waals surface area contributed by atoms with E-state index >= 15 is 0 Å². The molecular formula is C7H11NO3. The number of ketones is 2. The summed E-state index contributed by atoms with van der Waals surface area (Å²) in [5.41, 5.74) is 0. The second kappa shape index (κ2) is 4.60. The highest BCUT2D eigenvalue weighted by atomic mass is 16.2. The van der Waals surface area contributed by atoms with Crippen molar-refractivity contribution in [3.63, 3.8) is 0 Å². The van der Waals surface area contributed by atoms with Crippen LogP contribution in [0, 0.1) is 0 Å². The van der Waals surface area contributed by atoms with Gasteiger partial charge in [-0.05, 0) is 6.92 Å². The van der Waals surface area contributed by atoms with Crippen molar-refractivity contribution in [2.24, 2.45) is 0 Å². The van der Waals surface area contributed by atoms with Crippen molar-refractivity contribution in [3.05, 3.63) is 0 Å². The molecule has 0 aliphatic rings. The molecule has 0 bridgehead atoms. The van der Waals surface area contributed by atoms with E-state index in [0.717, 1.165) is 0 Å². The third-order valence-corrected chi connectivity index (χ3v) is 0.981. The molecule has 4 heteroatoms. The molecule has 0 heterocycles. The molecule has 0 saturated carbocycles. The van der Waals surface area contributed by atoms with Crippen LogP contribution >= 0.6 is 0 Å². The van der Waals surface area contributed by atoms with Crippen molar-refractivity contribution in [1.82, 2.24) is 5.32 Å². The molecular weight excluding hydrogens is 146 g/mol. The minimum Gasteiger partial charge on any atom is -0.349 e. The van der Waals surface area contributed by atoms with Gasteiger partial charge in [0.15, 0.2) is 5.78 Å². The summed E-state index contributed by atoms with van der Waals surface area (Å²) in [5, 5.41) is 2.31. The first-order valence-electron chi connectivity index (χ1n) is 3.28. The third kappa shape index (κ3) is 6.70. The molecule has 0 aliphatic carbocycles. The molecule has 1 N–H and O–H groups in total. The summed E-state index contributed by atoms with van der Waals surface area (Å²) in [6.45, 7) is 2.61. The molecule has 0 aromatic heterocycles. The van der Waals surface area contributed by atoms with Crippen LogP contribution in [0.2, 0.25) is 0 Å². The van der Waals surface area contributed by atoms with Crippen molar-refractivity contribution in [3.8, 4) is 0 Å². The summed E-state index contributed by atoms with van der Waals surface area (Å²) >= 11 is 0. The molecule has 0 spiro atoms. The molecule has 0 atom stereocenters.